The van der Waals surface area contributed by atoms with Gasteiger partial charge in [0.25, 0.3) is 0 Å². The molecule has 3 N–H and O–H groups in total. The Balaban J connectivity index is 1.22. The van der Waals surface area contributed by atoms with Gasteiger partial charge in [-0.05, 0) is 54.7 Å². The van der Waals surface area contributed by atoms with E-state index in [9.17, 15) is 4.39 Å². The van der Waals surface area contributed by atoms with Gasteiger partial charge in [0, 0.05) is 32.4 Å². The van der Waals surface area contributed by atoms with Crippen molar-refractivity contribution in [3.05, 3.63) is 65.0 Å². The van der Waals surface area contributed by atoms with E-state index in [-0.39, 0.29) is 11.1 Å². The van der Waals surface area contributed by atoms with Gasteiger partial charge in [0.05, 0.1) is 6.20 Å². The first-order valence-electron chi connectivity index (χ1n) is 11.2. The van der Waals surface area contributed by atoms with Crippen molar-refractivity contribution in [1.29, 1.82) is 0 Å². The van der Waals surface area contributed by atoms with E-state index in [0.29, 0.717) is 19.0 Å². The van der Waals surface area contributed by atoms with Gasteiger partial charge in [-0.1, -0.05) is 30.7 Å². The number of aromatic nitrogens is 4. The maximum atomic E-state index is 13.7. The second-order valence-electron chi connectivity index (χ2n) is 7.95. The Morgan fingerprint density at radius 2 is 1.61 bits per heavy atom. The van der Waals surface area contributed by atoms with Gasteiger partial charge in [-0.15, -0.1) is 0 Å². The van der Waals surface area contributed by atoms with E-state index in [2.05, 4.69) is 40.8 Å². The maximum Gasteiger partial charge on any atom is 0.224 e. The Kier molecular flexibility index (Phi) is 8.21. The van der Waals surface area contributed by atoms with Crippen LogP contribution in [0.3, 0.4) is 0 Å². The molecule has 1 aliphatic heterocycles. The van der Waals surface area contributed by atoms with Crippen LogP contribution in [0.15, 0.2) is 42.7 Å². The van der Waals surface area contributed by atoms with Crippen LogP contribution in [0, 0.1) is 5.82 Å². The van der Waals surface area contributed by atoms with Crippen molar-refractivity contribution in [3.8, 4) is 0 Å². The number of anilines is 3. The van der Waals surface area contributed by atoms with Crippen molar-refractivity contribution in [3.63, 3.8) is 0 Å². The molecular weight excluding hydrogens is 443 g/mol. The summed E-state index contributed by atoms with van der Waals surface area (Å²) in [6.45, 7) is 5.28. The number of rotatable bonds is 10. The second kappa shape index (κ2) is 11.7. The van der Waals surface area contributed by atoms with E-state index in [0.717, 1.165) is 36.2 Å². The minimum Gasteiger partial charge on any atom is -0.366 e. The quantitative estimate of drug-likeness (QED) is 0.380. The number of nitrogens with one attached hydrogen (secondary N) is 3. The fraction of sp³-hybridized carbons (Fsp3) is 0.391. The Hall–Kier alpha value is -3.04. The Bertz CT molecular complexity index is 1030. The van der Waals surface area contributed by atoms with Gasteiger partial charge >= 0.3 is 0 Å². The molecular formula is C23H28ClFN8. The highest BCUT2D eigenvalue weighted by Gasteiger charge is 2.09. The summed E-state index contributed by atoms with van der Waals surface area (Å²) >= 11 is 5.72. The molecule has 3 aromatic rings. The lowest BCUT2D eigenvalue weighted by atomic mass is 10.1. The van der Waals surface area contributed by atoms with Crippen LogP contribution in [0.25, 0.3) is 0 Å². The fourth-order valence-corrected chi connectivity index (χ4v) is 3.81. The average molecular weight is 471 g/mol. The lowest BCUT2D eigenvalue weighted by molar-refractivity contribution is 0.237. The zero-order valence-corrected chi connectivity index (χ0v) is 19.2. The molecule has 1 aliphatic rings. The third-order valence-corrected chi connectivity index (χ3v) is 5.67. The largest absolute Gasteiger partial charge is 0.366 e. The summed E-state index contributed by atoms with van der Waals surface area (Å²) in [5.74, 6) is 0.957. The summed E-state index contributed by atoms with van der Waals surface area (Å²) in [5, 5.41) is 9.59. The predicted molar refractivity (Wildman–Crippen MR) is 129 cm³/mol. The first-order chi connectivity index (χ1) is 16.2. The molecule has 4 rings (SSSR count). The summed E-state index contributed by atoms with van der Waals surface area (Å²) in [5.41, 5.74) is 2.10. The van der Waals surface area contributed by atoms with E-state index in [1.807, 2.05) is 30.3 Å². The molecule has 1 aromatic carbocycles. The number of hydrogen-bond acceptors (Lipinski definition) is 8. The summed E-state index contributed by atoms with van der Waals surface area (Å²) < 4.78 is 13.7. The highest BCUT2D eigenvalue weighted by Crippen LogP contribution is 2.15. The zero-order chi connectivity index (χ0) is 22.9. The van der Waals surface area contributed by atoms with Crippen LogP contribution in [0.1, 0.15) is 30.4 Å². The molecule has 0 saturated carbocycles. The topological polar surface area (TPSA) is 90.9 Å². The lowest BCUT2D eigenvalue weighted by Gasteiger charge is -2.26. The van der Waals surface area contributed by atoms with Crippen molar-refractivity contribution < 1.29 is 4.39 Å². The van der Waals surface area contributed by atoms with Crippen molar-refractivity contribution in [2.24, 2.45) is 0 Å². The Morgan fingerprint density at radius 3 is 2.36 bits per heavy atom. The minimum absolute atomic E-state index is 0.00500. The maximum absolute atomic E-state index is 13.7. The van der Waals surface area contributed by atoms with E-state index >= 15 is 0 Å². The number of halogens is 2. The van der Waals surface area contributed by atoms with Gasteiger partial charge in [0.2, 0.25) is 11.2 Å². The SMILES string of the molecule is Fc1cnc(Cl)nc1NCc1ccc(CNc2ccnc(NCCN3CCCCC3)n2)cc1. The molecule has 0 unspecified atom stereocenters. The molecule has 33 heavy (non-hydrogen) atoms. The molecule has 8 nitrogen and oxygen atoms in total. The highest BCUT2D eigenvalue weighted by atomic mass is 35.5. The van der Waals surface area contributed by atoms with E-state index in [1.54, 1.807) is 6.20 Å². The number of hydrogen-bond donors (Lipinski definition) is 3. The molecule has 2 aromatic heterocycles. The zero-order valence-electron chi connectivity index (χ0n) is 18.4. The van der Waals surface area contributed by atoms with E-state index in [1.165, 1.54) is 32.4 Å². The molecule has 174 valence electrons. The van der Waals surface area contributed by atoms with Gasteiger partial charge in [0.15, 0.2) is 11.6 Å². The molecule has 1 fully saturated rings. The summed E-state index contributed by atoms with van der Waals surface area (Å²) in [6.07, 6.45) is 6.74. The molecule has 0 aliphatic carbocycles. The minimum atomic E-state index is -0.537. The molecule has 0 atom stereocenters. The van der Waals surface area contributed by atoms with E-state index < -0.39 is 5.82 Å². The molecule has 1 saturated heterocycles. The standard InChI is InChI=1S/C23H28ClFN8/c24-22-30-16-19(25)21(32-22)29-15-18-6-4-17(5-7-18)14-28-20-8-9-26-23(31-20)27-10-13-33-11-2-1-3-12-33/h4-9,16H,1-3,10-15H2,(H,29,30,32)(H2,26,27,28,31). The normalized spacial score (nSPS) is 14.1. The Morgan fingerprint density at radius 1 is 0.879 bits per heavy atom. The van der Waals surface area contributed by atoms with Gasteiger partial charge in [0.1, 0.15) is 5.82 Å². The van der Waals surface area contributed by atoms with Crippen LogP contribution in [0.4, 0.5) is 22.0 Å². The monoisotopic (exact) mass is 470 g/mol. The molecule has 0 amide bonds. The number of benzene rings is 1. The smallest absolute Gasteiger partial charge is 0.224 e. The molecule has 0 bridgehead atoms. The van der Waals surface area contributed by atoms with Gasteiger partial charge in [-0.2, -0.15) is 9.97 Å². The van der Waals surface area contributed by atoms with Crippen LogP contribution in [0.2, 0.25) is 5.28 Å². The van der Waals surface area contributed by atoms with Crippen LogP contribution in [-0.2, 0) is 13.1 Å². The first kappa shape index (κ1) is 23.1. The highest BCUT2D eigenvalue weighted by molar-refractivity contribution is 6.28. The van der Waals surface area contributed by atoms with Crippen molar-refractivity contribution >= 4 is 29.2 Å². The molecule has 3 heterocycles. The number of likely N-dealkylation sites (tertiary alicyclic amines) is 1. The molecule has 0 spiro atoms. The van der Waals surface area contributed by atoms with Gasteiger partial charge in [-0.3, -0.25) is 0 Å². The van der Waals surface area contributed by atoms with Gasteiger partial charge < -0.3 is 20.9 Å². The van der Waals surface area contributed by atoms with Crippen molar-refractivity contribution in [2.45, 2.75) is 32.4 Å². The summed E-state index contributed by atoms with van der Waals surface area (Å²) in [7, 11) is 0. The molecule has 0 radical (unpaired) electrons. The van der Waals surface area contributed by atoms with Crippen LogP contribution in [-0.4, -0.2) is 51.0 Å². The third-order valence-electron chi connectivity index (χ3n) is 5.49. The molecule has 10 heteroatoms. The van der Waals surface area contributed by atoms with Gasteiger partial charge in [-0.25, -0.2) is 14.4 Å². The van der Waals surface area contributed by atoms with Crippen LogP contribution >= 0.6 is 11.6 Å². The summed E-state index contributed by atoms with van der Waals surface area (Å²) in [4.78, 5) is 18.8. The fourth-order valence-electron chi connectivity index (χ4n) is 3.67. The lowest BCUT2D eigenvalue weighted by Crippen LogP contribution is -2.33. The van der Waals surface area contributed by atoms with Crippen molar-refractivity contribution in [1.82, 2.24) is 24.8 Å². The number of piperidine rings is 1. The van der Waals surface area contributed by atoms with E-state index in [4.69, 9.17) is 11.6 Å². The summed E-state index contributed by atoms with van der Waals surface area (Å²) in [6, 6.07) is 9.87. The average Bonchev–Trinajstić information content (AvgIpc) is 2.85. The third kappa shape index (κ3) is 7.23. The Labute approximate surface area is 198 Å². The second-order valence-corrected chi connectivity index (χ2v) is 8.29. The van der Waals surface area contributed by atoms with Crippen molar-refractivity contribution in [2.75, 3.05) is 42.1 Å². The van der Waals surface area contributed by atoms with Crippen LogP contribution in [0.5, 0.6) is 0 Å². The predicted octanol–water partition coefficient (Wildman–Crippen LogP) is 4.18. The number of nitrogens with zero attached hydrogens (tertiary/aromatic N) is 5. The first-order valence-corrected chi connectivity index (χ1v) is 11.6. The van der Waals surface area contributed by atoms with Crippen LogP contribution < -0.4 is 16.0 Å².